The Hall–Kier alpha value is -1.08. The van der Waals surface area contributed by atoms with Gasteiger partial charge in [0.25, 0.3) is 0 Å². The summed E-state index contributed by atoms with van der Waals surface area (Å²) in [5, 5.41) is 12.4. The predicted molar refractivity (Wildman–Crippen MR) is 84.6 cm³/mol. The number of carbonyl (C=O) groups excluding carboxylic acids is 1. The second-order valence-corrected chi connectivity index (χ2v) is 7.48. The monoisotopic (exact) mass is 328 g/mol. The lowest BCUT2D eigenvalue weighted by Gasteiger charge is -2.41. The summed E-state index contributed by atoms with van der Waals surface area (Å²) >= 11 is 3.09. The first-order chi connectivity index (χ1) is 9.93. The summed E-state index contributed by atoms with van der Waals surface area (Å²) in [4.78, 5) is 29.7. The van der Waals surface area contributed by atoms with Crippen LogP contribution in [-0.2, 0) is 15.3 Å². The summed E-state index contributed by atoms with van der Waals surface area (Å²) in [7, 11) is 0. The van der Waals surface area contributed by atoms with Crippen LogP contribution in [0, 0.1) is 6.92 Å². The van der Waals surface area contributed by atoms with Gasteiger partial charge in [-0.15, -0.1) is 23.1 Å². The van der Waals surface area contributed by atoms with E-state index < -0.39 is 11.5 Å². The maximum atomic E-state index is 12.3. The Labute approximate surface area is 132 Å². The number of carboxylic acids is 1. The van der Waals surface area contributed by atoms with Crippen LogP contribution < -0.4 is 0 Å². The molecule has 0 aliphatic carbocycles. The number of hydrogen-bond acceptors (Lipinski definition) is 5. The first-order valence-corrected chi connectivity index (χ1v) is 8.99. The van der Waals surface area contributed by atoms with Crippen molar-refractivity contribution in [2.75, 3.05) is 12.3 Å². The molecule has 21 heavy (non-hydrogen) atoms. The van der Waals surface area contributed by atoms with Crippen molar-refractivity contribution in [3.63, 3.8) is 0 Å². The highest BCUT2D eigenvalue weighted by Crippen LogP contribution is 2.29. The van der Waals surface area contributed by atoms with Gasteiger partial charge in [-0.25, -0.2) is 9.78 Å². The number of nitrogens with zero attached hydrogens (tertiary/aromatic N) is 2. The normalized spacial score (nSPS) is 22.3. The Morgan fingerprint density at radius 1 is 1.52 bits per heavy atom. The van der Waals surface area contributed by atoms with Gasteiger partial charge in [-0.1, -0.05) is 0 Å². The number of carboxylic acid groups (broad SMARTS) is 1. The summed E-state index contributed by atoms with van der Waals surface area (Å²) in [5.41, 5.74) is -0.0671. The van der Waals surface area contributed by atoms with E-state index in [9.17, 15) is 14.7 Å². The fourth-order valence-electron chi connectivity index (χ4n) is 2.54. The molecule has 1 saturated heterocycles. The Kier molecular flexibility index (Phi) is 5.27. The lowest BCUT2D eigenvalue weighted by molar-refractivity contribution is -0.159. The van der Waals surface area contributed by atoms with Crippen molar-refractivity contribution in [1.29, 1.82) is 0 Å². The summed E-state index contributed by atoms with van der Waals surface area (Å²) in [5.74, 6) is -0.000103. The van der Waals surface area contributed by atoms with E-state index in [-0.39, 0.29) is 5.91 Å². The number of hydrogen-bond donors (Lipinski definition) is 1. The summed E-state index contributed by atoms with van der Waals surface area (Å²) < 4.78 is 0. The zero-order valence-electron chi connectivity index (χ0n) is 12.3. The molecule has 1 aromatic heterocycles. The quantitative estimate of drug-likeness (QED) is 0.899. The average molecular weight is 328 g/mol. The van der Waals surface area contributed by atoms with Gasteiger partial charge in [0.15, 0.2) is 0 Å². The maximum absolute atomic E-state index is 12.3. The Morgan fingerprint density at radius 3 is 2.90 bits per heavy atom. The molecule has 1 aromatic rings. The molecule has 7 heteroatoms. The standard InChI is InChI=1S/C14H20N2O3S2/c1-10-15-11(8-21-10)7-20-9-12(17)16-6-4-3-5-14(16,2)13(18)19/h8H,3-7,9H2,1-2H3,(H,18,19). The van der Waals surface area contributed by atoms with E-state index in [2.05, 4.69) is 4.98 Å². The van der Waals surface area contributed by atoms with Crippen molar-refractivity contribution in [1.82, 2.24) is 9.88 Å². The van der Waals surface area contributed by atoms with Crippen LogP contribution in [0.3, 0.4) is 0 Å². The molecular formula is C14H20N2O3S2. The largest absolute Gasteiger partial charge is 0.480 e. The van der Waals surface area contributed by atoms with Crippen LogP contribution in [0.25, 0.3) is 0 Å². The highest BCUT2D eigenvalue weighted by molar-refractivity contribution is 7.99. The molecule has 0 aromatic carbocycles. The van der Waals surface area contributed by atoms with Crippen LogP contribution in [0.5, 0.6) is 0 Å². The van der Waals surface area contributed by atoms with Crippen molar-refractivity contribution in [3.05, 3.63) is 16.1 Å². The molecule has 1 atom stereocenters. The van der Waals surface area contributed by atoms with Crippen LogP contribution in [0.2, 0.25) is 0 Å². The first kappa shape index (κ1) is 16.3. The van der Waals surface area contributed by atoms with Crippen molar-refractivity contribution in [2.24, 2.45) is 0 Å². The number of aryl methyl sites for hydroxylation is 1. The van der Waals surface area contributed by atoms with Crippen molar-refractivity contribution in [3.8, 4) is 0 Å². The SMILES string of the molecule is Cc1nc(CSCC(=O)N2CCCCC2(C)C(=O)O)cs1. The zero-order valence-corrected chi connectivity index (χ0v) is 13.9. The smallest absolute Gasteiger partial charge is 0.329 e. The second-order valence-electron chi connectivity index (χ2n) is 5.43. The zero-order chi connectivity index (χ0) is 15.5. The molecule has 0 saturated carbocycles. The van der Waals surface area contributed by atoms with Gasteiger partial charge >= 0.3 is 5.97 Å². The summed E-state index contributed by atoms with van der Waals surface area (Å²) in [6, 6.07) is 0. The molecule has 1 aliphatic heterocycles. The lowest BCUT2D eigenvalue weighted by atomic mass is 9.88. The number of aromatic nitrogens is 1. The van der Waals surface area contributed by atoms with E-state index in [4.69, 9.17) is 0 Å². The molecule has 2 heterocycles. The molecule has 5 nitrogen and oxygen atoms in total. The van der Waals surface area contributed by atoms with Crippen LogP contribution in [-0.4, -0.2) is 44.7 Å². The van der Waals surface area contributed by atoms with E-state index >= 15 is 0 Å². The minimum Gasteiger partial charge on any atom is -0.480 e. The number of amides is 1. The van der Waals surface area contributed by atoms with Crippen LogP contribution in [0.4, 0.5) is 0 Å². The molecule has 1 amide bonds. The Bertz CT molecular complexity index is 532. The van der Waals surface area contributed by atoms with Gasteiger partial charge in [-0.2, -0.15) is 0 Å². The number of likely N-dealkylation sites (tertiary alicyclic amines) is 1. The molecule has 1 aliphatic rings. The fraction of sp³-hybridized carbons (Fsp3) is 0.643. The highest BCUT2D eigenvalue weighted by atomic mass is 32.2. The van der Waals surface area contributed by atoms with Crippen LogP contribution in [0.1, 0.15) is 36.9 Å². The minimum atomic E-state index is -1.05. The highest BCUT2D eigenvalue weighted by Gasteiger charge is 2.43. The van der Waals surface area contributed by atoms with Gasteiger partial charge in [-0.3, -0.25) is 4.79 Å². The average Bonchev–Trinajstić information content (AvgIpc) is 2.84. The first-order valence-electron chi connectivity index (χ1n) is 6.96. The fourth-order valence-corrected chi connectivity index (χ4v) is 4.05. The molecule has 0 spiro atoms. The number of thiazole rings is 1. The van der Waals surface area contributed by atoms with E-state index in [1.54, 1.807) is 18.3 Å². The number of piperidine rings is 1. The van der Waals surface area contributed by atoms with Crippen LogP contribution in [0.15, 0.2) is 5.38 Å². The van der Waals surface area contributed by atoms with Gasteiger partial charge in [0.1, 0.15) is 5.54 Å². The third-order valence-electron chi connectivity index (χ3n) is 3.79. The lowest BCUT2D eigenvalue weighted by Crippen LogP contribution is -2.58. The molecule has 1 unspecified atom stereocenters. The topological polar surface area (TPSA) is 70.5 Å². The molecule has 1 fully saturated rings. The molecular weight excluding hydrogens is 308 g/mol. The number of aliphatic carboxylic acids is 1. The number of carbonyl (C=O) groups is 2. The second kappa shape index (κ2) is 6.79. The number of thioether (sulfide) groups is 1. The third kappa shape index (κ3) is 3.77. The van der Waals surface area contributed by atoms with Gasteiger partial charge in [0, 0.05) is 17.7 Å². The van der Waals surface area contributed by atoms with Gasteiger partial charge < -0.3 is 10.0 Å². The van der Waals surface area contributed by atoms with Crippen molar-refractivity contribution < 1.29 is 14.7 Å². The van der Waals surface area contributed by atoms with Crippen molar-refractivity contribution >= 4 is 35.0 Å². The third-order valence-corrected chi connectivity index (χ3v) is 5.57. The Balaban J connectivity index is 1.90. The molecule has 1 N–H and O–H groups in total. The summed E-state index contributed by atoms with van der Waals surface area (Å²) in [6.45, 7) is 4.15. The number of rotatable bonds is 5. The van der Waals surface area contributed by atoms with E-state index in [0.717, 1.165) is 23.5 Å². The Morgan fingerprint density at radius 2 is 2.29 bits per heavy atom. The molecule has 2 rings (SSSR count). The molecule has 0 bridgehead atoms. The van der Waals surface area contributed by atoms with Crippen molar-refractivity contribution in [2.45, 2.75) is 44.4 Å². The molecule has 116 valence electrons. The van der Waals surface area contributed by atoms with E-state index in [1.807, 2.05) is 12.3 Å². The van der Waals surface area contributed by atoms with Gasteiger partial charge in [-0.05, 0) is 33.1 Å². The summed E-state index contributed by atoms with van der Waals surface area (Å²) in [6.07, 6.45) is 2.27. The van der Waals surface area contributed by atoms with E-state index in [1.165, 1.54) is 16.7 Å². The van der Waals surface area contributed by atoms with Gasteiger partial charge in [0.05, 0.1) is 16.5 Å². The minimum absolute atomic E-state index is 0.0865. The van der Waals surface area contributed by atoms with Crippen LogP contribution >= 0.6 is 23.1 Å². The maximum Gasteiger partial charge on any atom is 0.329 e. The van der Waals surface area contributed by atoms with Gasteiger partial charge in [0.2, 0.25) is 5.91 Å². The van der Waals surface area contributed by atoms with E-state index in [0.29, 0.717) is 24.5 Å². The predicted octanol–water partition coefficient (Wildman–Crippen LogP) is 2.54. The molecule has 0 radical (unpaired) electrons.